The molecule has 0 spiro atoms. The van der Waals surface area contributed by atoms with Gasteiger partial charge in [0.25, 0.3) is 0 Å². The van der Waals surface area contributed by atoms with Gasteiger partial charge in [-0.2, -0.15) is 5.26 Å². The molecule has 2 N–H and O–H groups in total. The van der Waals surface area contributed by atoms with Gasteiger partial charge in [-0.05, 0) is 44.0 Å². The van der Waals surface area contributed by atoms with Crippen molar-refractivity contribution in [1.29, 1.82) is 5.26 Å². The summed E-state index contributed by atoms with van der Waals surface area (Å²) in [6, 6.07) is 6.59. The number of nitrogens with one attached hydrogen (secondary N) is 2. The van der Waals surface area contributed by atoms with Crippen molar-refractivity contribution in [3.05, 3.63) is 29.3 Å². The number of hydrogen-bond donors (Lipinski definition) is 2. The van der Waals surface area contributed by atoms with Crippen molar-refractivity contribution >= 4 is 10.0 Å². The number of nitriles is 1. The highest BCUT2D eigenvalue weighted by Gasteiger charge is 2.23. The molecule has 1 heterocycles. The molecule has 1 fully saturated rings. The fraction of sp³-hybridized carbons (Fsp3) is 0.462. The zero-order chi connectivity index (χ0) is 13.9. The predicted molar refractivity (Wildman–Crippen MR) is 72.1 cm³/mol. The zero-order valence-electron chi connectivity index (χ0n) is 10.8. The van der Waals surface area contributed by atoms with Crippen LogP contribution in [-0.4, -0.2) is 27.5 Å². The first-order valence-corrected chi connectivity index (χ1v) is 7.75. The van der Waals surface area contributed by atoms with Crippen LogP contribution in [0.1, 0.15) is 24.0 Å². The molecule has 1 aliphatic heterocycles. The van der Waals surface area contributed by atoms with E-state index < -0.39 is 10.0 Å². The highest BCUT2D eigenvalue weighted by Crippen LogP contribution is 2.18. The quantitative estimate of drug-likeness (QED) is 0.861. The smallest absolute Gasteiger partial charge is 0.241 e. The summed E-state index contributed by atoms with van der Waals surface area (Å²) >= 11 is 0. The van der Waals surface area contributed by atoms with E-state index >= 15 is 0 Å². The Bertz CT molecular complexity index is 599. The number of nitrogens with zero attached hydrogens (tertiary/aromatic N) is 1. The van der Waals surface area contributed by atoms with Crippen LogP contribution in [0.15, 0.2) is 23.1 Å². The van der Waals surface area contributed by atoms with E-state index in [0.29, 0.717) is 17.7 Å². The summed E-state index contributed by atoms with van der Waals surface area (Å²) in [7, 11) is -3.56. The third kappa shape index (κ3) is 3.32. The summed E-state index contributed by atoms with van der Waals surface area (Å²) in [5.74, 6) is 0. The second kappa shape index (κ2) is 5.70. The average Bonchev–Trinajstić information content (AvgIpc) is 2.39. The lowest BCUT2D eigenvalue weighted by Crippen LogP contribution is -2.45. The molecule has 0 saturated carbocycles. The molecule has 1 unspecified atom stereocenters. The standard InChI is InChI=1S/C13H17N3O2S/c1-10-4-5-11(8-14)7-13(10)19(17,18)16-12-3-2-6-15-9-12/h4-5,7,12,15-16H,2-3,6,9H2,1H3. The Kier molecular flexibility index (Phi) is 4.20. The molecule has 0 aliphatic carbocycles. The van der Waals surface area contributed by atoms with Gasteiger partial charge in [-0.1, -0.05) is 6.07 Å². The number of hydrogen-bond acceptors (Lipinski definition) is 4. The second-order valence-corrected chi connectivity index (χ2v) is 6.44. The minimum Gasteiger partial charge on any atom is -0.315 e. The molecule has 5 nitrogen and oxygen atoms in total. The molecule has 0 radical (unpaired) electrons. The van der Waals surface area contributed by atoms with E-state index in [0.717, 1.165) is 19.4 Å². The summed E-state index contributed by atoms with van der Waals surface area (Å²) < 4.78 is 27.4. The highest BCUT2D eigenvalue weighted by atomic mass is 32.2. The second-order valence-electron chi connectivity index (χ2n) is 4.76. The maximum Gasteiger partial charge on any atom is 0.241 e. The largest absolute Gasteiger partial charge is 0.315 e. The molecule has 19 heavy (non-hydrogen) atoms. The zero-order valence-corrected chi connectivity index (χ0v) is 11.6. The van der Waals surface area contributed by atoms with Gasteiger partial charge >= 0.3 is 0 Å². The van der Waals surface area contributed by atoms with Crippen LogP contribution in [0, 0.1) is 18.3 Å². The highest BCUT2D eigenvalue weighted by molar-refractivity contribution is 7.89. The van der Waals surface area contributed by atoms with Gasteiger partial charge in [0, 0.05) is 12.6 Å². The van der Waals surface area contributed by atoms with Crippen LogP contribution in [-0.2, 0) is 10.0 Å². The van der Waals surface area contributed by atoms with E-state index in [1.807, 2.05) is 6.07 Å². The maximum absolute atomic E-state index is 12.3. The van der Waals surface area contributed by atoms with Gasteiger partial charge < -0.3 is 5.32 Å². The average molecular weight is 279 g/mol. The van der Waals surface area contributed by atoms with Gasteiger partial charge in [0.2, 0.25) is 10.0 Å². The Morgan fingerprint density at radius 1 is 1.47 bits per heavy atom. The maximum atomic E-state index is 12.3. The minimum absolute atomic E-state index is 0.0797. The van der Waals surface area contributed by atoms with Crippen LogP contribution < -0.4 is 10.0 Å². The monoisotopic (exact) mass is 279 g/mol. The van der Waals surface area contributed by atoms with E-state index in [4.69, 9.17) is 5.26 Å². The molecule has 1 atom stereocenters. The van der Waals surface area contributed by atoms with E-state index in [-0.39, 0.29) is 10.9 Å². The molecule has 0 amide bonds. The topological polar surface area (TPSA) is 82.0 Å². The molecule has 0 aromatic heterocycles. The van der Waals surface area contributed by atoms with Crippen LogP contribution in [0.3, 0.4) is 0 Å². The first-order chi connectivity index (χ1) is 9.03. The van der Waals surface area contributed by atoms with E-state index in [2.05, 4.69) is 10.0 Å². The summed E-state index contributed by atoms with van der Waals surface area (Å²) in [6.45, 7) is 3.31. The van der Waals surface area contributed by atoms with Crippen LogP contribution in [0.5, 0.6) is 0 Å². The number of rotatable bonds is 3. The van der Waals surface area contributed by atoms with Crippen molar-refractivity contribution in [1.82, 2.24) is 10.0 Å². The fourth-order valence-corrected chi connectivity index (χ4v) is 3.74. The van der Waals surface area contributed by atoms with E-state index in [1.165, 1.54) is 6.07 Å². The van der Waals surface area contributed by atoms with Crippen LogP contribution in [0.25, 0.3) is 0 Å². The van der Waals surface area contributed by atoms with Crippen molar-refractivity contribution in [2.24, 2.45) is 0 Å². The normalized spacial score (nSPS) is 19.9. The molecule has 2 rings (SSSR count). The first-order valence-electron chi connectivity index (χ1n) is 6.27. The molecule has 1 saturated heterocycles. The Morgan fingerprint density at radius 3 is 2.89 bits per heavy atom. The molecule has 1 aromatic carbocycles. The molecule has 0 bridgehead atoms. The van der Waals surface area contributed by atoms with Gasteiger partial charge in [-0.25, -0.2) is 13.1 Å². The van der Waals surface area contributed by atoms with Crippen LogP contribution >= 0.6 is 0 Å². The molecular formula is C13H17N3O2S. The Balaban J connectivity index is 2.26. The molecule has 1 aromatic rings. The van der Waals surface area contributed by atoms with Gasteiger partial charge in [-0.3, -0.25) is 0 Å². The number of benzene rings is 1. The van der Waals surface area contributed by atoms with Gasteiger partial charge in [-0.15, -0.1) is 0 Å². The van der Waals surface area contributed by atoms with Crippen molar-refractivity contribution in [2.75, 3.05) is 13.1 Å². The third-order valence-corrected chi connectivity index (χ3v) is 4.89. The van der Waals surface area contributed by atoms with Gasteiger partial charge in [0.15, 0.2) is 0 Å². The Labute approximate surface area is 113 Å². The minimum atomic E-state index is -3.56. The molecule has 1 aliphatic rings. The Hall–Kier alpha value is -1.42. The first kappa shape index (κ1) is 14.0. The molecular weight excluding hydrogens is 262 g/mol. The molecule has 102 valence electrons. The van der Waals surface area contributed by atoms with Crippen LogP contribution in [0.2, 0.25) is 0 Å². The fourth-order valence-electron chi connectivity index (χ4n) is 2.19. The van der Waals surface area contributed by atoms with E-state index in [1.54, 1.807) is 19.1 Å². The summed E-state index contributed by atoms with van der Waals surface area (Å²) in [6.07, 6.45) is 1.80. The van der Waals surface area contributed by atoms with E-state index in [9.17, 15) is 8.42 Å². The SMILES string of the molecule is Cc1ccc(C#N)cc1S(=O)(=O)NC1CCCNC1. The lowest BCUT2D eigenvalue weighted by molar-refractivity contribution is 0.428. The van der Waals surface area contributed by atoms with Crippen molar-refractivity contribution in [3.63, 3.8) is 0 Å². The lowest BCUT2D eigenvalue weighted by Gasteiger charge is -2.24. The van der Waals surface area contributed by atoms with Crippen molar-refractivity contribution < 1.29 is 8.42 Å². The van der Waals surface area contributed by atoms with Crippen molar-refractivity contribution in [3.8, 4) is 6.07 Å². The van der Waals surface area contributed by atoms with Crippen molar-refractivity contribution in [2.45, 2.75) is 30.7 Å². The molecule has 6 heteroatoms. The lowest BCUT2D eigenvalue weighted by atomic mass is 10.1. The van der Waals surface area contributed by atoms with Gasteiger partial charge in [0.05, 0.1) is 16.5 Å². The number of aryl methyl sites for hydroxylation is 1. The van der Waals surface area contributed by atoms with Gasteiger partial charge in [0.1, 0.15) is 0 Å². The summed E-state index contributed by atoms with van der Waals surface area (Å²) in [5, 5.41) is 12.0. The number of piperidine rings is 1. The summed E-state index contributed by atoms with van der Waals surface area (Å²) in [4.78, 5) is 0.192. The summed E-state index contributed by atoms with van der Waals surface area (Å²) in [5.41, 5.74) is 1.00. The third-order valence-electron chi connectivity index (χ3n) is 3.23. The predicted octanol–water partition coefficient (Wildman–Crippen LogP) is 0.897. The van der Waals surface area contributed by atoms with Crippen LogP contribution in [0.4, 0.5) is 0 Å². The number of sulfonamides is 1. The Morgan fingerprint density at radius 2 is 2.26 bits per heavy atom.